The van der Waals surface area contributed by atoms with Crippen LogP contribution < -0.4 is 11.1 Å². The fourth-order valence-corrected chi connectivity index (χ4v) is 1.71. The van der Waals surface area contributed by atoms with Crippen molar-refractivity contribution in [2.75, 3.05) is 5.32 Å². The number of hydrogen-bond acceptors (Lipinski definition) is 1. The molecule has 0 aliphatic heterocycles. The maximum Gasteiger partial charge on any atom is 0.316 e. The highest BCUT2D eigenvalue weighted by Gasteiger charge is 1.99. The summed E-state index contributed by atoms with van der Waals surface area (Å²) in [4.78, 5) is 10.7. The van der Waals surface area contributed by atoms with Crippen LogP contribution >= 0.6 is 0 Å². The molecule has 0 aliphatic carbocycles. The summed E-state index contributed by atoms with van der Waals surface area (Å²) in [6.45, 7) is 2.06. The Morgan fingerprint density at radius 2 is 1.76 bits per heavy atom. The summed E-state index contributed by atoms with van der Waals surface area (Å²) in [5.74, 6) is 0. The maximum atomic E-state index is 10.7. The molecule has 0 saturated carbocycles. The molecule has 17 heavy (non-hydrogen) atoms. The lowest BCUT2D eigenvalue weighted by molar-refractivity contribution is 0.259. The smallest absolute Gasteiger partial charge is 0.316 e. The number of anilines is 1. The molecule has 3 nitrogen and oxygen atoms in total. The Labute approximate surface area is 100 Å². The average molecular weight is 226 g/mol. The molecule has 2 aromatic carbocycles. The summed E-state index contributed by atoms with van der Waals surface area (Å²) in [6.07, 6.45) is 0. The van der Waals surface area contributed by atoms with Crippen molar-refractivity contribution in [1.29, 1.82) is 0 Å². The van der Waals surface area contributed by atoms with Crippen molar-refractivity contribution in [3.63, 3.8) is 0 Å². The average Bonchev–Trinajstić information content (AvgIpc) is 2.29. The summed E-state index contributed by atoms with van der Waals surface area (Å²) < 4.78 is 0. The van der Waals surface area contributed by atoms with Gasteiger partial charge < -0.3 is 11.1 Å². The predicted octanol–water partition coefficient (Wildman–Crippen LogP) is 3.15. The van der Waals surface area contributed by atoms with Crippen LogP contribution in [0.2, 0.25) is 0 Å². The van der Waals surface area contributed by atoms with Gasteiger partial charge in [0.15, 0.2) is 0 Å². The quantitative estimate of drug-likeness (QED) is 0.812. The summed E-state index contributed by atoms with van der Waals surface area (Å²) in [5.41, 5.74) is 9.25. The SMILES string of the molecule is Cc1cccc(-c2ccc(NC(N)=O)cc2)c1. The zero-order chi connectivity index (χ0) is 12.3. The Hall–Kier alpha value is -2.29. The van der Waals surface area contributed by atoms with Gasteiger partial charge in [-0.25, -0.2) is 4.79 Å². The van der Waals surface area contributed by atoms with Crippen LogP contribution in [0.5, 0.6) is 0 Å². The first-order valence-electron chi connectivity index (χ1n) is 5.39. The molecule has 0 radical (unpaired) electrons. The second kappa shape index (κ2) is 4.70. The van der Waals surface area contributed by atoms with Crippen LogP contribution in [0.3, 0.4) is 0 Å². The highest BCUT2D eigenvalue weighted by Crippen LogP contribution is 2.22. The van der Waals surface area contributed by atoms with E-state index in [1.165, 1.54) is 5.56 Å². The molecular formula is C14H14N2O. The fourth-order valence-electron chi connectivity index (χ4n) is 1.71. The summed E-state index contributed by atoms with van der Waals surface area (Å²) in [6, 6.07) is 15.3. The highest BCUT2D eigenvalue weighted by atomic mass is 16.2. The van der Waals surface area contributed by atoms with Crippen LogP contribution in [0, 0.1) is 6.92 Å². The topological polar surface area (TPSA) is 55.1 Å². The van der Waals surface area contributed by atoms with E-state index in [2.05, 4.69) is 30.4 Å². The molecule has 3 N–H and O–H groups in total. The van der Waals surface area contributed by atoms with Gasteiger partial charge in [-0.1, -0.05) is 42.0 Å². The molecule has 2 amide bonds. The Morgan fingerprint density at radius 3 is 2.35 bits per heavy atom. The number of benzene rings is 2. The molecular weight excluding hydrogens is 212 g/mol. The van der Waals surface area contributed by atoms with Crippen LogP contribution in [0.25, 0.3) is 11.1 Å². The number of amides is 2. The number of aryl methyl sites for hydroxylation is 1. The van der Waals surface area contributed by atoms with Crippen LogP contribution in [0.15, 0.2) is 48.5 Å². The van der Waals surface area contributed by atoms with Crippen molar-refractivity contribution in [2.24, 2.45) is 5.73 Å². The van der Waals surface area contributed by atoms with E-state index in [1.54, 1.807) is 0 Å². The summed E-state index contributed by atoms with van der Waals surface area (Å²) in [5, 5.41) is 2.53. The Bertz CT molecular complexity index is 532. The van der Waals surface area contributed by atoms with Crippen LogP contribution in [-0.2, 0) is 0 Å². The molecule has 0 fully saturated rings. The fraction of sp³-hybridized carbons (Fsp3) is 0.0714. The van der Waals surface area contributed by atoms with Gasteiger partial charge in [0.25, 0.3) is 0 Å². The molecule has 2 aromatic rings. The number of primary amides is 1. The first kappa shape index (κ1) is 11.2. The number of nitrogens with one attached hydrogen (secondary N) is 1. The Kier molecular flexibility index (Phi) is 3.10. The molecule has 86 valence electrons. The first-order valence-corrected chi connectivity index (χ1v) is 5.39. The molecule has 3 heteroatoms. The van der Waals surface area contributed by atoms with Crippen molar-refractivity contribution in [3.8, 4) is 11.1 Å². The second-order valence-electron chi connectivity index (χ2n) is 3.94. The lowest BCUT2D eigenvalue weighted by atomic mass is 10.0. The Morgan fingerprint density at radius 1 is 1.06 bits per heavy atom. The van der Waals surface area contributed by atoms with Gasteiger partial charge >= 0.3 is 6.03 Å². The third-order valence-corrected chi connectivity index (χ3v) is 2.50. The van der Waals surface area contributed by atoms with Crippen LogP contribution in [-0.4, -0.2) is 6.03 Å². The van der Waals surface area contributed by atoms with Crippen LogP contribution in [0.1, 0.15) is 5.56 Å². The van der Waals surface area contributed by atoms with Gasteiger partial charge in [0.2, 0.25) is 0 Å². The minimum Gasteiger partial charge on any atom is -0.351 e. The van der Waals surface area contributed by atoms with Gasteiger partial charge in [0, 0.05) is 5.69 Å². The molecule has 0 aromatic heterocycles. The molecule has 0 saturated heterocycles. The zero-order valence-electron chi connectivity index (χ0n) is 9.60. The molecule has 2 rings (SSSR count). The standard InChI is InChI=1S/C14H14N2O/c1-10-3-2-4-12(9-10)11-5-7-13(8-6-11)16-14(15)17/h2-9H,1H3,(H3,15,16,17). The number of carbonyl (C=O) groups excluding carboxylic acids is 1. The monoisotopic (exact) mass is 226 g/mol. The third-order valence-electron chi connectivity index (χ3n) is 2.50. The van der Waals surface area contributed by atoms with Gasteiger partial charge in [-0.3, -0.25) is 0 Å². The largest absolute Gasteiger partial charge is 0.351 e. The second-order valence-corrected chi connectivity index (χ2v) is 3.94. The summed E-state index contributed by atoms with van der Waals surface area (Å²) in [7, 11) is 0. The van der Waals surface area contributed by atoms with E-state index >= 15 is 0 Å². The normalized spacial score (nSPS) is 9.94. The van der Waals surface area contributed by atoms with Crippen molar-refractivity contribution < 1.29 is 4.79 Å². The first-order chi connectivity index (χ1) is 8.15. The van der Waals surface area contributed by atoms with E-state index in [1.807, 2.05) is 30.3 Å². The van der Waals surface area contributed by atoms with Gasteiger partial charge in [-0.05, 0) is 30.2 Å². The van der Waals surface area contributed by atoms with Crippen molar-refractivity contribution in [3.05, 3.63) is 54.1 Å². The van der Waals surface area contributed by atoms with E-state index in [0.29, 0.717) is 5.69 Å². The van der Waals surface area contributed by atoms with Crippen molar-refractivity contribution >= 4 is 11.7 Å². The maximum absolute atomic E-state index is 10.7. The van der Waals surface area contributed by atoms with Gasteiger partial charge in [0.05, 0.1) is 0 Å². The highest BCUT2D eigenvalue weighted by molar-refractivity contribution is 5.88. The Balaban J connectivity index is 2.26. The molecule has 0 aliphatic rings. The number of urea groups is 1. The molecule has 0 bridgehead atoms. The van der Waals surface area contributed by atoms with Gasteiger partial charge in [-0.2, -0.15) is 0 Å². The van der Waals surface area contributed by atoms with Gasteiger partial charge in [-0.15, -0.1) is 0 Å². The van der Waals surface area contributed by atoms with Crippen molar-refractivity contribution in [2.45, 2.75) is 6.92 Å². The van der Waals surface area contributed by atoms with E-state index in [-0.39, 0.29) is 0 Å². The van der Waals surface area contributed by atoms with E-state index in [9.17, 15) is 4.79 Å². The molecule has 0 atom stereocenters. The van der Waals surface area contributed by atoms with Gasteiger partial charge in [0.1, 0.15) is 0 Å². The number of carbonyl (C=O) groups is 1. The van der Waals surface area contributed by atoms with E-state index < -0.39 is 6.03 Å². The molecule has 0 heterocycles. The lowest BCUT2D eigenvalue weighted by Gasteiger charge is -2.05. The third kappa shape index (κ3) is 2.84. The minimum absolute atomic E-state index is 0.548. The summed E-state index contributed by atoms with van der Waals surface area (Å²) >= 11 is 0. The zero-order valence-corrected chi connectivity index (χ0v) is 9.60. The lowest BCUT2D eigenvalue weighted by Crippen LogP contribution is -2.19. The van der Waals surface area contributed by atoms with E-state index in [0.717, 1.165) is 11.1 Å². The number of hydrogen-bond donors (Lipinski definition) is 2. The minimum atomic E-state index is -0.548. The molecule has 0 spiro atoms. The van der Waals surface area contributed by atoms with Crippen LogP contribution in [0.4, 0.5) is 10.5 Å². The predicted molar refractivity (Wildman–Crippen MR) is 69.8 cm³/mol. The number of rotatable bonds is 2. The van der Waals surface area contributed by atoms with Crippen molar-refractivity contribution in [1.82, 2.24) is 0 Å². The number of nitrogens with two attached hydrogens (primary N) is 1. The molecule has 0 unspecified atom stereocenters. The van der Waals surface area contributed by atoms with E-state index in [4.69, 9.17) is 5.73 Å².